The second-order valence-corrected chi connectivity index (χ2v) is 6.31. The van der Waals surface area contributed by atoms with Crippen molar-refractivity contribution in [3.63, 3.8) is 0 Å². The van der Waals surface area contributed by atoms with Gasteiger partial charge in [0.2, 0.25) is 0 Å². The summed E-state index contributed by atoms with van der Waals surface area (Å²) in [7, 11) is 1.47. The van der Waals surface area contributed by atoms with E-state index in [1.807, 2.05) is 30.3 Å². The second-order valence-electron chi connectivity index (χ2n) is 6.31. The van der Waals surface area contributed by atoms with Crippen LogP contribution >= 0.6 is 0 Å². The minimum atomic E-state index is -0.137. The molecular formula is C22H14N6O2. The van der Waals surface area contributed by atoms with Gasteiger partial charge in [0.1, 0.15) is 35.2 Å². The van der Waals surface area contributed by atoms with Crippen molar-refractivity contribution in [3.05, 3.63) is 53.6 Å². The zero-order valence-electron chi connectivity index (χ0n) is 15.9. The number of nitriles is 3. The second kappa shape index (κ2) is 7.35. The highest BCUT2D eigenvalue weighted by Crippen LogP contribution is 2.39. The molecule has 2 aromatic carbocycles. The molecule has 0 spiro atoms. The number of pyridine rings is 1. The maximum Gasteiger partial charge on any atom is 0.174 e. The van der Waals surface area contributed by atoms with Gasteiger partial charge in [0.05, 0.1) is 18.1 Å². The molecule has 2 N–H and O–H groups in total. The number of benzene rings is 2. The van der Waals surface area contributed by atoms with Crippen LogP contribution in [0, 0.1) is 34.0 Å². The number of anilines is 1. The summed E-state index contributed by atoms with van der Waals surface area (Å²) >= 11 is 0. The summed E-state index contributed by atoms with van der Waals surface area (Å²) in [6, 6.07) is 18.5. The van der Waals surface area contributed by atoms with Crippen LogP contribution in [0.25, 0.3) is 27.8 Å². The average molecular weight is 394 g/mol. The molecule has 2 heterocycles. The zero-order chi connectivity index (χ0) is 21.3. The number of para-hydroxylation sites is 2. The van der Waals surface area contributed by atoms with Crippen molar-refractivity contribution in [1.82, 2.24) is 9.38 Å². The molecule has 0 atom stereocenters. The Balaban J connectivity index is 2.07. The Kier molecular flexibility index (Phi) is 4.56. The van der Waals surface area contributed by atoms with E-state index in [2.05, 4.69) is 17.1 Å². The van der Waals surface area contributed by atoms with Crippen LogP contribution < -0.4 is 15.2 Å². The molecule has 2 aromatic heterocycles. The van der Waals surface area contributed by atoms with E-state index >= 15 is 0 Å². The highest BCUT2D eigenvalue weighted by atomic mass is 16.5. The van der Waals surface area contributed by atoms with E-state index in [-0.39, 0.29) is 23.6 Å². The lowest BCUT2D eigenvalue weighted by molar-refractivity contribution is 0.330. The van der Waals surface area contributed by atoms with Gasteiger partial charge in [-0.25, -0.2) is 4.98 Å². The number of rotatable bonds is 4. The van der Waals surface area contributed by atoms with Crippen molar-refractivity contribution in [2.24, 2.45) is 0 Å². The van der Waals surface area contributed by atoms with Crippen LogP contribution in [0.3, 0.4) is 0 Å². The van der Waals surface area contributed by atoms with Crippen LogP contribution in [0.1, 0.15) is 11.1 Å². The number of nitrogens with zero attached hydrogens (tertiary/aromatic N) is 5. The first-order chi connectivity index (χ1) is 14.6. The maximum absolute atomic E-state index is 9.97. The Morgan fingerprint density at radius 3 is 2.50 bits per heavy atom. The molecule has 30 heavy (non-hydrogen) atoms. The maximum atomic E-state index is 9.97. The number of imidazole rings is 1. The van der Waals surface area contributed by atoms with Crippen molar-refractivity contribution in [2.75, 3.05) is 19.5 Å². The summed E-state index contributed by atoms with van der Waals surface area (Å²) in [5.41, 5.74) is 9.41. The van der Waals surface area contributed by atoms with Crippen molar-refractivity contribution in [2.45, 2.75) is 0 Å². The normalized spacial score (nSPS) is 10.3. The van der Waals surface area contributed by atoms with E-state index in [9.17, 15) is 10.5 Å². The molecule has 0 aliphatic heterocycles. The van der Waals surface area contributed by atoms with Gasteiger partial charge in [-0.3, -0.25) is 4.40 Å². The van der Waals surface area contributed by atoms with E-state index in [4.69, 9.17) is 20.5 Å². The number of ether oxygens (including phenoxy) is 2. The lowest BCUT2D eigenvalue weighted by atomic mass is 9.96. The van der Waals surface area contributed by atoms with Crippen LogP contribution in [0.2, 0.25) is 0 Å². The number of fused-ring (bicyclic) bond motifs is 3. The molecule has 144 valence electrons. The van der Waals surface area contributed by atoms with Crippen LogP contribution in [0.4, 0.5) is 5.82 Å². The van der Waals surface area contributed by atoms with E-state index in [0.29, 0.717) is 39.3 Å². The molecule has 0 aliphatic rings. The van der Waals surface area contributed by atoms with E-state index in [1.165, 1.54) is 7.11 Å². The Morgan fingerprint density at radius 2 is 1.80 bits per heavy atom. The topological polar surface area (TPSA) is 133 Å². The van der Waals surface area contributed by atoms with Crippen LogP contribution in [0.5, 0.6) is 11.5 Å². The number of aromatic nitrogens is 2. The predicted molar refractivity (Wildman–Crippen MR) is 110 cm³/mol. The summed E-state index contributed by atoms with van der Waals surface area (Å²) in [5.74, 6) is 0.932. The molecule has 4 rings (SSSR count). The molecule has 4 aromatic rings. The van der Waals surface area contributed by atoms with Crippen molar-refractivity contribution in [3.8, 4) is 40.8 Å². The number of nitrogen functional groups attached to an aromatic ring is 1. The summed E-state index contributed by atoms with van der Waals surface area (Å²) in [6.07, 6.45) is 0. The molecule has 0 aliphatic carbocycles. The van der Waals surface area contributed by atoms with Crippen molar-refractivity contribution < 1.29 is 9.47 Å². The molecule has 0 unspecified atom stereocenters. The molecule has 8 heteroatoms. The van der Waals surface area contributed by atoms with E-state index in [1.54, 1.807) is 22.6 Å². The highest BCUT2D eigenvalue weighted by Gasteiger charge is 2.23. The molecule has 0 saturated heterocycles. The lowest BCUT2D eigenvalue weighted by Crippen LogP contribution is -2.06. The third-order valence-corrected chi connectivity index (χ3v) is 4.75. The van der Waals surface area contributed by atoms with Gasteiger partial charge in [0.15, 0.2) is 23.8 Å². The minimum Gasteiger partial charge on any atom is -0.493 e. The van der Waals surface area contributed by atoms with Crippen LogP contribution in [-0.4, -0.2) is 23.1 Å². The Bertz CT molecular complexity index is 1430. The summed E-state index contributed by atoms with van der Waals surface area (Å²) in [5, 5.41) is 28.6. The van der Waals surface area contributed by atoms with Gasteiger partial charge in [-0.1, -0.05) is 18.2 Å². The zero-order valence-corrected chi connectivity index (χ0v) is 15.9. The molecule has 0 fully saturated rings. The highest BCUT2D eigenvalue weighted by molar-refractivity contribution is 5.93. The van der Waals surface area contributed by atoms with Crippen molar-refractivity contribution in [1.29, 1.82) is 15.8 Å². The molecule has 0 bridgehead atoms. The number of hydrogen-bond donors (Lipinski definition) is 1. The number of methoxy groups -OCH3 is 1. The standard InChI is InChI=1S/C22H14N6O2/c1-29-19-10-13(6-7-18(19)30-9-8-23)20-14(11-24)21(26)28-17-5-3-2-4-16(17)27-22(28)15(20)12-25/h2-7,10H,9,26H2,1H3. The molecule has 0 amide bonds. The van der Waals surface area contributed by atoms with Gasteiger partial charge >= 0.3 is 0 Å². The van der Waals surface area contributed by atoms with E-state index in [0.717, 1.165) is 0 Å². The quantitative estimate of drug-likeness (QED) is 0.561. The predicted octanol–water partition coefficient (Wildman–Crippen LogP) is 3.39. The monoisotopic (exact) mass is 394 g/mol. The fourth-order valence-corrected chi connectivity index (χ4v) is 3.47. The third kappa shape index (κ3) is 2.71. The smallest absolute Gasteiger partial charge is 0.174 e. The summed E-state index contributed by atoms with van der Waals surface area (Å²) in [6.45, 7) is -0.137. The minimum absolute atomic E-state index is 0.137. The number of hydrogen-bond acceptors (Lipinski definition) is 7. The van der Waals surface area contributed by atoms with Gasteiger partial charge < -0.3 is 15.2 Å². The first kappa shape index (κ1) is 18.6. The van der Waals surface area contributed by atoms with Gasteiger partial charge in [0, 0.05) is 5.56 Å². The van der Waals surface area contributed by atoms with Gasteiger partial charge in [-0.15, -0.1) is 0 Å². The molecule has 8 nitrogen and oxygen atoms in total. The van der Waals surface area contributed by atoms with Crippen molar-refractivity contribution >= 4 is 22.5 Å². The first-order valence-electron chi connectivity index (χ1n) is 8.85. The Hall–Kier alpha value is -4.74. The Labute approximate surface area is 171 Å². The lowest BCUT2D eigenvalue weighted by Gasteiger charge is -2.15. The largest absolute Gasteiger partial charge is 0.493 e. The molecule has 0 saturated carbocycles. The first-order valence-corrected chi connectivity index (χ1v) is 8.85. The van der Waals surface area contributed by atoms with Crippen LogP contribution in [-0.2, 0) is 0 Å². The Morgan fingerprint density at radius 1 is 1.03 bits per heavy atom. The number of nitrogens with two attached hydrogens (primary N) is 1. The molecule has 0 radical (unpaired) electrons. The SMILES string of the molecule is COc1cc(-c2c(C#N)c(N)n3c(nc4ccccc43)c2C#N)ccc1OCC#N. The molecular weight excluding hydrogens is 380 g/mol. The fourth-order valence-electron chi connectivity index (χ4n) is 3.47. The van der Waals surface area contributed by atoms with Gasteiger partial charge in [-0.05, 0) is 29.8 Å². The van der Waals surface area contributed by atoms with Crippen LogP contribution in [0.15, 0.2) is 42.5 Å². The average Bonchev–Trinajstić information content (AvgIpc) is 3.17. The van der Waals surface area contributed by atoms with Gasteiger partial charge in [-0.2, -0.15) is 15.8 Å². The van der Waals surface area contributed by atoms with E-state index < -0.39 is 0 Å². The fraction of sp³-hybridized carbons (Fsp3) is 0.0909. The third-order valence-electron chi connectivity index (χ3n) is 4.75. The summed E-state index contributed by atoms with van der Waals surface area (Å²) in [4.78, 5) is 4.57. The van der Waals surface area contributed by atoms with Gasteiger partial charge in [0.25, 0.3) is 0 Å². The summed E-state index contributed by atoms with van der Waals surface area (Å²) < 4.78 is 12.3.